The van der Waals surface area contributed by atoms with Gasteiger partial charge < -0.3 is 10.1 Å². The Morgan fingerprint density at radius 3 is 2.76 bits per heavy atom. The molecule has 0 aliphatic heterocycles. The average Bonchev–Trinajstić information content (AvgIpc) is 3.16. The number of nitrogens with zero attached hydrogens (tertiary/aromatic N) is 4. The fraction of sp³-hybridized carbons (Fsp3) is 0.455. The summed E-state index contributed by atoms with van der Waals surface area (Å²) in [5.41, 5.74) is 3.33. The molecule has 7 heteroatoms. The highest BCUT2D eigenvalue weighted by atomic mass is 16.5. The minimum absolute atomic E-state index is 0.0989. The molecule has 1 aliphatic rings. The van der Waals surface area contributed by atoms with E-state index in [4.69, 9.17) is 14.8 Å². The van der Waals surface area contributed by atoms with Crippen LogP contribution in [0.2, 0.25) is 0 Å². The molecule has 3 aromatic rings. The molecule has 2 heterocycles. The molecule has 7 nitrogen and oxygen atoms in total. The first-order valence-electron chi connectivity index (χ1n) is 10.2. The molecular formula is C22H27N5O2. The molecule has 0 saturated heterocycles. The summed E-state index contributed by atoms with van der Waals surface area (Å²) in [7, 11) is 1.61. The number of methoxy groups -OCH3 is 1. The van der Waals surface area contributed by atoms with E-state index in [9.17, 15) is 4.79 Å². The maximum Gasteiger partial charge on any atom is 0.252 e. The van der Waals surface area contributed by atoms with Crippen LogP contribution in [0.3, 0.4) is 0 Å². The first-order valence-corrected chi connectivity index (χ1v) is 10.2. The van der Waals surface area contributed by atoms with Gasteiger partial charge in [0.25, 0.3) is 5.78 Å². The summed E-state index contributed by atoms with van der Waals surface area (Å²) >= 11 is 0. The number of aryl methyl sites for hydroxylation is 2. The largest absolute Gasteiger partial charge is 0.497 e. The monoisotopic (exact) mass is 393 g/mol. The van der Waals surface area contributed by atoms with Crippen molar-refractivity contribution in [2.45, 2.75) is 58.3 Å². The van der Waals surface area contributed by atoms with Crippen LogP contribution in [0, 0.1) is 13.8 Å². The van der Waals surface area contributed by atoms with Gasteiger partial charge in [0, 0.05) is 34.6 Å². The van der Waals surface area contributed by atoms with E-state index in [1.165, 1.54) is 19.3 Å². The molecule has 1 saturated carbocycles. The third kappa shape index (κ3) is 4.09. The third-order valence-corrected chi connectivity index (χ3v) is 5.73. The van der Waals surface area contributed by atoms with Gasteiger partial charge in [-0.1, -0.05) is 25.3 Å². The van der Waals surface area contributed by atoms with Crippen molar-refractivity contribution in [2.24, 2.45) is 0 Å². The molecule has 2 aromatic heterocycles. The molecule has 29 heavy (non-hydrogen) atoms. The number of carbonyl (C=O) groups is 1. The Hall–Kier alpha value is -2.96. The lowest BCUT2D eigenvalue weighted by atomic mass is 9.89. The van der Waals surface area contributed by atoms with Gasteiger partial charge in [0.2, 0.25) is 5.91 Å². The van der Waals surface area contributed by atoms with Gasteiger partial charge in [0.05, 0.1) is 13.5 Å². The lowest BCUT2D eigenvalue weighted by Gasteiger charge is -2.17. The molecular weight excluding hydrogens is 366 g/mol. The SMILES string of the molecule is COc1cccc(NC(=O)Cc2c(C)nc3nc(C4CCCCC4)nn3c2C)c1. The van der Waals surface area contributed by atoms with Crippen molar-refractivity contribution >= 4 is 17.4 Å². The quantitative estimate of drug-likeness (QED) is 0.709. The first-order chi connectivity index (χ1) is 14.0. The Balaban J connectivity index is 1.57. The fourth-order valence-corrected chi connectivity index (χ4v) is 4.08. The second-order valence-corrected chi connectivity index (χ2v) is 7.73. The van der Waals surface area contributed by atoms with Gasteiger partial charge in [0.15, 0.2) is 5.82 Å². The third-order valence-electron chi connectivity index (χ3n) is 5.73. The number of hydrogen-bond acceptors (Lipinski definition) is 5. The summed E-state index contributed by atoms with van der Waals surface area (Å²) in [4.78, 5) is 22.0. The lowest BCUT2D eigenvalue weighted by Crippen LogP contribution is -2.17. The van der Waals surface area contributed by atoms with Crippen LogP contribution in [-0.4, -0.2) is 32.6 Å². The molecule has 0 atom stereocenters. The number of aromatic nitrogens is 4. The summed E-state index contributed by atoms with van der Waals surface area (Å²) in [6.45, 7) is 3.91. The maximum absolute atomic E-state index is 12.6. The highest BCUT2D eigenvalue weighted by molar-refractivity contribution is 5.92. The van der Waals surface area contributed by atoms with Crippen LogP contribution in [0.4, 0.5) is 5.69 Å². The van der Waals surface area contributed by atoms with E-state index in [0.29, 0.717) is 23.1 Å². The Morgan fingerprint density at radius 2 is 2.00 bits per heavy atom. The van der Waals surface area contributed by atoms with Crippen LogP contribution in [0.5, 0.6) is 5.75 Å². The number of hydrogen-bond donors (Lipinski definition) is 1. The Bertz CT molecular complexity index is 1040. The number of ether oxygens (including phenoxy) is 1. The molecule has 152 valence electrons. The van der Waals surface area contributed by atoms with Crippen molar-refractivity contribution in [3.63, 3.8) is 0 Å². The molecule has 0 bridgehead atoms. The second-order valence-electron chi connectivity index (χ2n) is 7.73. The predicted molar refractivity (Wildman–Crippen MR) is 111 cm³/mol. The van der Waals surface area contributed by atoms with Crippen LogP contribution < -0.4 is 10.1 Å². The maximum atomic E-state index is 12.6. The standard InChI is InChI=1S/C22H27N5O2/c1-14-19(13-20(28)24-17-10-7-11-18(12-17)29-3)15(2)27-22(23-14)25-21(26-27)16-8-5-4-6-9-16/h7,10-12,16H,4-6,8-9,13H2,1-3H3,(H,24,28). The smallest absolute Gasteiger partial charge is 0.252 e. The van der Waals surface area contributed by atoms with Crippen molar-refractivity contribution in [3.05, 3.63) is 47.0 Å². The average molecular weight is 393 g/mol. The van der Waals surface area contributed by atoms with Gasteiger partial charge >= 0.3 is 0 Å². The van der Waals surface area contributed by atoms with Crippen molar-refractivity contribution < 1.29 is 9.53 Å². The number of nitrogens with one attached hydrogen (secondary N) is 1. The molecule has 1 N–H and O–H groups in total. The van der Waals surface area contributed by atoms with Crippen LogP contribution in [0.1, 0.15) is 60.8 Å². The number of rotatable bonds is 5. The summed E-state index contributed by atoms with van der Waals surface area (Å²) in [6.07, 6.45) is 6.29. The van der Waals surface area contributed by atoms with E-state index in [-0.39, 0.29) is 12.3 Å². The molecule has 0 spiro atoms. The predicted octanol–water partition coefficient (Wildman–Crippen LogP) is 3.98. The minimum Gasteiger partial charge on any atom is -0.497 e. The van der Waals surface area contributed by atoms with Gasteiger partial charge in [-0.2, -0.15) is 4.98 Å². The number of carbonyl (C=O) groups excluding carboxylic acids is 1. The number of fused-ring (bicyclic) bond motifs is 1. The van der Waals surface area contributed by atoms with Gasteiger partial charge in [-0.25, -0.2) is 9.50 Å². The summed E-state index contributed by atoms with van der Waals surface area (Å²) in [6, 6.07) is 7.33. The molecule has 0 radical (unpaired) electrons. The topological polar surface area (TPSA) is 81.4 Å². The zero-order valence-corrected chi connectivity index (χ0v) is 17.2. The van der Waals surface area contributed by atoms with Crippen LogP contribution >= 0.6 is 0 Å². The van der Waals surface area contributed by atoms with Crippen molar-refractivity contribution in [1.29, 1.82) is 0 Å². The molecule has 1 amide bonds. The molecule has 1 fully saturated rings. The van der Waals surface area contributed by atoms with Crippen LogP contribution in [0.15, 0.2) is 24.3 Å². The van der Waals surface area contributed by atoms with Crippen molar-refractivity contribution in [1.82, 2.24) is 19.6 Å². The molecule has 1 aliphatic carbocycles. The second kappa shape index (κ2) is 8.19. The van der Waals surface area contributed by atoms with E-state index in [0.717, 1.165) is 35.6 Å². The summed E-state index contributed by atoms with van der Waals surface area (Å²) < 4.78 is 7.01. The lowest BCUT2D eigenvalue weighted by molar-refractivity contribution is -0.115. The Kier molecular flexibility index (Phi) is 5.47. The summed E-state index contributed by atoms with van der Waals surface area (Å²) in [5, 5.41) is 7.68. The van der Waals surface area contributed by atoms with Gasteiger partial charge in [0.1, 0.15) is 5.75 Å². The van der Waals surface area contributed by atoms with E-state index in [1.807, 2.05) is 32.0 Å². The van der Waals surface area contributed by atoms with E-state index in [1.54, 1.807) is 17.7 Å². The fourth-order valence-electron chi connectivity index (χ4n) is 4.08. The van der Waals surface area contributed by atoms with E-state index >= 15 is 0 Å². The molecule has 4 rings (SSSR count). The Morgan fingerprint density at radius 1 is 1.21 bits per heavy atom. The highest BCUT2D eigenvalue weighted by Crippen LogP contribution is 2.31. The number of anilines is 1. The van der Waals surface area contributed by atoms with Crippen LogP contribution in [0.25, 0.3) is 5.78 Å². The van der Waals surface area contributed by atoms with Crippen molar-refractivity contribution in [2.75, 3.05) is 12.4 Å². The van der Waals surface area contributed by atoms with E-state index in [2.05, 4.69) is 10.3 Å². The minimum atomic E-state index is -0.0989. The zero-order chi connectivity index (χ0) is 20.4. The number of benzene rings is 1. The van der Waals surface area contributed by atoms with Crippen LogP contribution in [-0.2, 0) is 11.2 Å². The normalized spacial score (nSPS) is 14.9. The first kappa shape index (κ1) is 19.4. The van der Waals surface area contributed by atoms with E-state index < -0.39 is 0 Å². The van der Waals surface area contributed by atoms with Gasteiger partial charge in [-0.05, 0) is 38.8 Å². The van der Waals surface area contributed by atoms with Gasteiger partial charge in [-0.15, -0.1) is 5.10 Å². The molecule has 0 unspecified atom stereocenters. The summed E-state index contributed by atoms with van der Waals surface area (Å²) in [5.74, 6) is 2.54. The highest BCUT2D eigenvalue weighted by Gasteiger charge is 2.22. The van der Waals surface area contributed by atoms with Gasteiger partial charge in [-0.3, -0.25) is 4.79 Å². The van der Waals surface area contributed by atoms with Crippen molar-refractivity contribution in [3.8, 4) is 5.75 Å². The zero-order valence-electron chi connectivity index (χ0n) is 17.2. The molecule has 1 aromatic carbocycles. The number of amides is 1. The Labute approximate surface area is 170 Å².